The molecule has 0 saturated carbocycles. The summed E-state index contributed by atoms with van der Waals surface area (Å²) in [4.78, 5) is 3.75. The molecule has 174 valence electrons. The lowest BCUT2D eigenvalue weighted by Crippen LogP contribution is -2.53. The summed E-state index contributed by atoms with van der Waals surface area (Å²) >= 11 is 0. The fourth-order valence-corrected chi connectivity index (χ4v) is 4.52. The molecule has 3 aromatic rings. The third-order valence-corrected chi connectivity index (χ3v) is 6.25. The van der Waals surface area contributed by atoms with Crippen LogP contribution in [0.2, 0.25) is 0 Å². The number of hydrogen-bond donors (Lipinski definition) is 1. The summed E-state index contributed by atoms with van der Waals surface area (Å²) in [5.74, 6) is -0.556. The minimum atomic E-state index is -6.05. The number of imidazole rings is 1. The predicted octanol–water partition coefficient (Wildman–Crippen LogP) is 4.03. The predicted molar refractivity (Wildman–Crippen MR) is 102 cm³/mol. The summed E-state index contributed by atoms with van der Waals surface area (Å²) in [5.41, 5.74) is -6.19. The summed E-state index contributed by atoms with van der Waals surface area (Å²) in [6.07, 6.45) is -9.84. The highest BCUT2D eigenvalue weighted by Gasteiger charge is 2.71. The van der Waals surface area contributed by atoms with Crippen molar-refractivity contribution in [3.05, 3.63) is 77.6 Å². The van der Waals surface area contributed by atoms with Gasteiger partial charge in [0.25, 0.3) is 5.60 Å². The van der Waals surface area contributed by atoms with E-state index in [-0.39, 0.29) is 16.8 Å². The van der Waals surface area contributed by atoms with Crippen molar-refractivity contribution in [2.45, 2.75) is 28.9 Å². The average Bonchev–Trinajstić information content (AvgIpc) is 3.22. The van der Waals surface area contributed by atoms with E-state index >= 15 is 0 Å². The number of aliphatic hydroxyl groups is 1. The number of alkyl halides is 6. The summed E-state index contributed by atoms with van der Waals surface area (Å²) < 4.78 is 105. The lowest BCUT2D eigenvalue weighted by Gasteiger charge is -2.32. The molecule has 1 N–H and O–H groups in total. The minimum absolute atomic E-state index is 0.104. The van der Waals surface area contributed by atoms with E-state index in [4.69, 9.17) is 5.26 Å². The highest BCUT2D eigenvalue weighted by Crippen LogP contribution is 2.50. The lowest BCUT2D eigenvalue weighted by atomic mass is 9.92. The van der Waals surface area contributed by atoms with Crippen LogP contribution >= 0.6 is 0 Å². The van der Waals surface area contributed by atoms with Gasteiger partial charge in [-0.3, -0.25) is 4.57 Å². The summed E-state index contributed by atoms with van der Waals surface area (Å²) in [7, 11) is -4.13. The van der Waals surface area contributed by atoms with Crippen molar-refractivity contribution in [3.8, 4) is 11.8 Å². The van der Waals surface area contributed by atoms with Gasteiger partial charge in [0.1, 0.15) is 0 Å². The van der Waals surface area contributed by atoms with Crippen molar-refractivity contribution in [1.29, 1.82) is 5.26 Å². The Morgan fingerprint density at radius 2 is 1.61 bits per heavy atom. The van der Waals surface area contributed by atoms with Gasteiger partial charge in [0.05, 0.1) is 17.4 Å². The smallest absolute Gasteiger partial charge is 0.369 e. The molecule has 0 aliphatic heterocycles. The van der Waals surface area contributed by atoms with Crippen LogP contribution in [-0.4, -0.2) is 35.4 Å². The van der Waals surface area contributed by atoms with Crippen LogP contribution < -0.4 is 0 Å². The highest BCUT2D eigenvalue weighted by atomic mass is 32.2. The highest BCUT2D eigenvalue weighted by molar-refractivity contribution is 7.90. The second kappa shape index (κ2) is 8.20. The molecular formula is C20H13F6N3O3S. The first-order valence-electron chi connectivity index (χ1n) is 8.92. The van der Waals surface area contributed by atoms with Gasteiger partial charge < -0.3 is 5.11 Å². The molecule has 13 heteroatoms. The van der Waals surface area contributed by atoms with E-state index in [0.29, 0.717) is 12.1 Å². The molecule has 0 bridgehead atoms. The standard InChI is InChI=1S/C20H13F6N3O3S/c21-19(22,23)18(30,20(24,25)26)15-4-6-16(7-5-15)29-9-8-28-17(29)33(31,32)12-14-3-1-2-13(10-14)11-27/h1-10,30H,12H2. The van der Waals surface area contributed by atoms with Crippen LogP contribution in [-0.2, 0) is 21.2 Å². The van der Waals surface area contributed by atoms with Gasteiger partial charge in [-0.1, -0.05) is 24.3 Å². The fraction of sp³-hybridized carbons (Fsp3) is 0.200. The van der Waals surface area contributed by atoms with Gasteiger partial charge in [-0.25, -0.2) is 13.4 Å². The maximum atomic E-state index is 13.1. The molecule has 33 heavy (non-hydrogen) atoms. The molecule has 0 atom stereocenters. The third-order valence-electron chi connectivity index (χ3n) is 4.68. The van der Waals surface area contributed by atoms with Crippen LogP contribution in [0.25, 0.3) is 5.69 Å². The molecule has 1 aromatic heterocycles. The van der Waals surface area contributed by atoms with Crippen LogP contribution in [0.4, 0.5) is 26.3 Å². The SMILES string of the molecule is N#Cc1cccc(CS(=O)(=O)c2nccn2-c2ccc(C(O)(C(F)(F)F)C(F)(F)F)cc2)c1. The lowest BCUT2D eigenvalue weighted by molar-refractivity contribution is -0.376. The Hall–Kier alpha value is -3.37. The van der Waals surface area contributed by atoms with Crippen LogP contribution in [0, 0.1) is 11.3 Å². The van der Waals surface area contributed by atoms with E-state index in [9.17, 15) is 39.9 Å². The quantitative estimate of drug-likeness (QED) is 0.546. The van der Waals surface area contributed by atoms with Gasteiger partial charge in [-0.2, -0.15) is 31.6 Å². The summed E-state index contributed by atoms with van der Waals surface area (Å²) in [6.45, 7) is 0. The first kappa shape index (κ1) is 24.3. The van der Waals surface area contributed by atoms with Crippen LogP contribution in [0.15, 0.2) is 66.1 Å². The molecule has 2 aromatic carbocycles. The van der Waals surface area contributed by atoms with E-state index in [1.165, 1.54) is 24.3 Å². The number of nitriles is 1. The number of rotatable bonds is 5. The molecule has 1 heterocycles. The maximum Gasteiger partial charge on any atom is 0.430 e. The Morgan fingerprint density at radius 1 is 1.00 bits per heavy atom. The van der Waals surface area contributed by atoms with Crippen molar-refractivity contribution < 1.29 is 39.9 Å². The van der Waals surface area contributed by atoms with Gasteiger partial charge in [0, 0.05) is 23.6 Å². The Bertz CT molecular complexity index is 1290. The minimum Gasteiger partial charge on any atom is -0.369 e. The molecule has 0 radical (unpaired) electrons. The number of aromatic nitrogens is 2. The van der Waals surface area contributed by atoms with Gasteiger partial charge in [0.15, 0.2) is 0 Å². The Kier molecular flexibility index (Phi) is 6.03. The Morgan fingerprint density at radius 3 is 2.15 bits per heavy atom. The molecule has 3 rings (SSSR count). The first-order chi connectivity index (χ1) is 15.2. The van der Waals surface area contributed by atoms with Gasteiger partial charge >= 0.3 is 12.4 Å². The summed E-state index contributed by atoms with van der Waals surface area (Å²) in [6, 6.07) is 10.1. The van der Waals surface area contributed by atoms with Crippen molar-refractivity contribution in [2.24, 2.45) is 0 Å². The van der Waals surface area contributed by atoms with E-state index in [2.05, 4.69) is 4.98 Å². The topological polar surface area (TPSA) is 96.0 Å². The monoisotopic (exact) mass is 489 g/mol. The number of hydrogen-bond acceptors (Lipinski definition) is 5. The van der Waals surface area contributed by atoms with Gasteiger partial charge in [-0.05, 0) is 29.8 Å². The van der Waals surface area contributed by atoms with Crippen LogP contribution in [0.5, 0.6) is 0 Å². The average molecular weight is 489 g/mol. The maximum absolute atomic E-state index is 13.1. The molecule has 0 fully saturated rings. The summed E-state index contributed by atoms with van der Waals surface area (Å²) in [5, 5.41) is 17.9. The van der Waals surface area contributed by atoms with E-state index in [1.54, 1.807) is 0 Å². The number of nitrogens with zero attached hydrogens (tertiary/aromatic N) is 3. The van der Waals surface area contributed by atoms with Crippen LogP contribution in [0.3, 0.4) is 0 Å². The Balaban J connectivity index is 1.99. The molecule has 0 amide bonds. The van der Waals surface area contributed by atoms with Gasteiger partial charge in [-0.15, -0.1) is 0 Å². The van der Waals surface area contributed by atoms with E-state index < -0.39 is 44.3 Å². The number of halogens is 6. The van der Waals surface area contributed by atoms with E-state index in [0.717, 1.165) is 29.1 Å². The zero-order valence-corrected chi connectivity index (χ0v) is 17.1. The van der Waals surface area contributed by atoms with Crippen LogP contribution in [0.1, 0.15) is 16.7 Å². The second-order valence-electron chi connectivity index (χ2n) is 6.90. The van der Waals surface area contributed by atoms with E-state index in [1.807, 2.05) is 6.07 Å². The normalized spacial score (nSPS) is 13.0. The van der Waals surface area contributed by atoms with Crippen molar-refractivity contribution in [1.82, 2.24) is 9.55 Å². The molecule has 6 nitrogen and oxygen atoms in total. The molecular weight excluding hydrogens is 476 g/mol. The number of benzene rings is 2. The van der Waals surface area contributed by atoms with Crippen molar-refractivity contribution >= 4 is 9.84 Å². The molecule has 0 unspecified atom stereocenters. The molecule has 0 saturated heterocycles. The fourth-order valence-electron chi connectivity index (χ4n) is 3.08. The molecule has 0 aliphatic rings. The number of sulfone groups is 1. The zero-order chi connectivity index (χ0) is 24.7. The van der Waals surface area contributed by atoms with Gasteiger partial charge in [0.2, 0.25) is 15.0 Å². The molecule has 0 aliphatic carbocycles. The van der Waals surface area contributed by atoms with Crippen molar-refractivity contribution in [2.75, 3.05) is 0 Å². The van der Waals surface area contributed by atoms with Crippen molar-refractivity contribution in [3.63, 3.8) is 0 Å². The zero-order valence-electron chi connectivity index (χ0n) is 16.3. The molecule has 0 spiro atoms. The second-order valence-corrected chi connectivity index (χ2v) is 8.79. The Labute approximate surface area is 183 Å². The largest absolute Gasteiger partial charge is 0.430 e. The first-order valence-corrected chi connectivity index (χ1v) is 10.6. The third kappa shape index (κ3) is 4.44.